The van der Waals surface area contributed by atoms with Gasteiger partial charge in [-0.25, -0.2) is 4.98 Å². The number of pyridine rings is 1. The number of carbonyl (C=O) groups excluding carboxylic acids is 1. The van der Waals surface area contributed by atoms with E-state index in [-0.39, 0.29) is 11.8 Å². The van der Waals surface area contributed by atoms with Crippen molar-refractivity contribution in [2.45, 2.75) is 6.42 Å². The molecule has 1 aliphatic rings. The zero-order valence-electron chi connectivity index (χ0n) is 11.3. The Hall–Kier alpha value is -2.88. The molecule has 1 fully saturated rings. The van der Waals surface area contributed by atoms with Crippen LogP contribution in [0.1, 0.15) is 6.42 Å². The predicted octanol–water partition coefficient (Wildman–Crippen LogP) is 1.01. The first-order chi connectivity index (χ1) is 10.3. The van der Waals surface area contributed by atoms with Crippen LogP contribution in [-0.2, 0) is 4.79 Å². The number of carbonyl (C=O) groups is 1. The molecule has 7 nitrogen and oxygen atoms in total. The molecule has 0 saturated carbocycles. The maximum atomic E-state index is 12.1. The molecule has 0 spiro atoms. The summed E-state index contributed by atoms with van der Waals surface area (Å²) in [5.41, 5.74) is 0.925. The number of aromatic nitrogens is 3. The Morgan fingerprint density at radius 3 is 2.95 bits per heavy atom. The normalized spacial score (nSPS) is 17.5. The summed E-state index contributed by atoms with van der Waals surface area (Å²) < 4.78 is 1.81. The summed E-state index contributed by atoms with van der Waals surface area (Å²) >= 11 is 0. The molecule has 0 radical (unpaired) electrons. The topological polar surface area (TPSA) is 86.8 Å². The lowest BCUT2D eigenvalue weighted by Crippen LogP contribution is -2.25. The third-order valence-corrected chi connectivity index (χ3v) is 3.50. The van der Waals surface area contributed by atoms with E-state index < -0.39 is 0 Å². The van der Waals surface area contributed by atoms with E-state index >= 15 is 0 Å². The Bertz CT molecular complexity index is 674. The van der Waals surface area contributed by atoms with Crippen LogP contribution in [0.15, 0.2) is 37.1 Å². The van der Waals surface area contributed by atoms with Crippen molar-refractivity contribution in [1.29, 1.82) is 5.26 Å². The number of imidazole rings is 1. The summed E-state index contributed by atoms with van der Waals surface area (Å²) in [6, 6.07) is 3.71. The van der Waals surface area contributed by atoms with Gasteiger partial charge >= 0.3 is 0 Å². The molecule has 3 rings (SSSR count). The second kappa shape index (κ2) is 5.63. The van der Waals surface area contributed by atoms with Crippen molar-refractivity contribution >= 4 is 11.7 Å². The largest absolute Gasteiger partial charge is 0.310 e. The molecule has 0 aliphatic carbocycles. The number of nitriles is 1. The van der Waals surface area contributed by atoms with E-state index in [1.807, 2.05) is 16.7 Å². The molecule has 1 saturated heterocycles. The van der Waals surface area contributed by atoms with Crippen LogP contribution >= 0.6 is 0 Å². The van der Waals surface area contributed by atoms with Gasteiger partial charge in [0.25, 0.3) is 0 Å². The van der Waals surface area contributed by atoms with E-state index in [4.69, 9.17) is 5.26 Å². The van der Waals surface area contributed by atoms with E-state index in [9.17, 15) is 4.79 Å². The van der Waals surface area contributed by atoms with E-state index in [1.54, 1.807) is 29.8 Å². The lowest BCUT2D eigenvalue weighted by molar-refractivity contribution is -0.119. The molecule has 1 aliphatic heterocycles. The molecule has 2 aromatic rings. The van der Waals surface area contributed by atoms with Gasteiger partial charge in [0.05, 0.1) is 12.1 Å². The zero-order chi connectivity index (χ0) is 14.7. The van der Waals surface area contributed by atoms with Crippen molar-refractivity contribution in [3.8, 4) is 11.9 Å². The molecule has 3 heterocycles. The van der Waals surface area contributed by atoms with Gasteiger partial charge in [0.1, 0.15) is 6.33 Å². The van der Waals surface area contributed by atoms with Crippen molar-refractivity contribution < 1.29 is 4.79 Å². The van der Waals surface area contributed by atoms with Crippen LogP contribution < -0.4 is 5.32 Å². The van der Waals surface area contributed by atoms with Crippen molar-refractivity contribution in [2.24, 2.45) is 5.92 Å². The van der Waals surface area contributed by atoms with Crippen LogP contribution in [0.5, 0.6) is 0 Å². The van der Waals surface area contributed by atoms with Gasteiger partial charge in [-0.05, 0) is 18.6 Å². The molecular weight excluding hydrogens is 268 g/mol. The van der Waals surface area contributed by atoms with Crippen molar-refractivity contribution in [3.63, 3.8) is 0 Å². The quantitative estimate of drug-likeness (QED) is 0.849. The number of nitrogens with zero attached hydrogens (tertiary/aromatic N) is 5. The number of nitrogens with one attached hydrogen (secondary N) is 1. The first-order valence-corrected chi connectivity index (χ1v) is 6.66. The van der Waals surface area contributed by atoms with Gasteiger partial charge in [-0.2, -0.15) is 5.26 Å². The van der Waals surface area contributed by atoms with Gasteiger partial charge in [-0.3, -0.25) is 9.78 Å². The predicted molar refractivity (Wildman–Crippen MR) is 75.3 cm³/mol. The SMILES string of the molecule is N#CN1CC[C@H](C(=O)Nc2cn(-c3ccncc3)cn2)C1. The van der Waals surface area contributed by atoms with Crippen LogP contribution in [0.3, 0.4) is 0 Å². The highest BCUT2D eigenvalue weighted by Crippen LogP contribution is 2.18. The highest BCUT2D eigenvalue weighted by Gasteiger charge is 2.28. The lowest BCUT2D eigenvalue weighted by atomic mass is 10.1. The highest BCUT2D eigenvalue weighted by atomic mass is 16.2. The average Bonchev–Trinajstić information content (AvgIpc) is 3.17. The number of hydrogen-bond acceptors (Lipinski definition) is 5. The molecule has 7 heteroatoms. The fourth-order valence-corrected chi connectivity index (χ4v) is 2.34. The molecule has 2 aromatic heterocycles. The Balaban J connectivity index is 1.65. The summed E-state index contributed by atoms with van der Waals surface area (Å²) in [5, 5.41) is 11.6. The smallest absolute Gasteiger partial charge is 0.230 e. The van der Waals surface area contributed by atoms with Gasteiger partial charge in [0.15, 0.2) is 12.0 Å². The Morgan fingerprint density at radius 1 is 1.43 bits per heavy atom. The van der Waals surface area contributed by atoms with Crippen LogP contribution in [-0.4, -0.2) is 38.4 Å². The van der Waals surface area contributed by atoms with Crippen LogP contribution in [0.25, 0.3) is 5.69 Å². The molecule has 106 valence electrons. The third-order valence-electron chi connectivity index (χ3n) is 3.50. The summed E-state index contributed by atoms with van der Waals surface area (Å²) in [5.74, 6) is 0.260. The van der Waals surface area contributed by atoms with E-state index in [0.29, 0.717) is 25.3 Å². The molecule has 0 unspecified atom stereocenters. The maximum absolute atomic E-state index is 12.1. The van der Waals surface area contributed by atoms with Gasteiger partial charge in [0.2, 0.25) is 5.91 Å². The third kappa shape index (κ3) is 2.84. The number of amides is 1. The van der Waals surface area contributed by atoms with E-state index in [1.165, 1.54) is 0 Å². The number of hydrogen-bond donors (Lipinski definition) is 1. The Labute approximate surface area is 121 Å². The second-order valence-corrected chi connectivity index (χ2v) is 4.89. The molecule has 1 atom stereocenters. The van der Waals surface area contributed by atoms with E-state index in [0.717, 1.165) is 5.69 Å². The summed E-state index contributed by atoms with van der Waals surface area (Å²) in [6.07, 6.45) is 9.55. The summed E-state index contributed by atoms with van der Waals surface area (Å²) in [4.78, 5) is 21.8. The molecule has 1 amide bonds. The standard InChI is InChI=1S/C14H14N6O/c15-9-19-6-3-11(7-19)14(21)18-13-8-20(10-17-13)12-1-4-16-5-2-12/h1-2,4-5,8,10-11H,3,6-7H2,(H,18,21)/t11-/m0/s1. The number of anilines is 1. The lowest BCUT2D eigenvalue weighted by Gasteiger charge is -2.08. The molecular formula is C14H14N6O. The zero-order valence-corrected chi connectivity index (χ0v) is 11.3. The number of rotatable bonds is 3. The highest BCUT2D eigenvalue weighted by molar-refractivity contribution is 5.92. The number of likely N-dealkylation sites (tertiary alicyclic amines) is 1. The van der Waals surface area contributed by atoms with Crippen LogP contribution in [0, 0.1) is 17.4 Å². The van der Waals surface area contributed by atoms with Crippen molar-refractivity contribution in [2.75, 3.05) is 18.4 Å². The Morgan fingerprint density at radius 2 is 2.24 bits per heavy atom. The van der Waals surface area contributed by atoms with Crippen LogP contribution in [0.2, 0.25) is 0 Å². The van der Waals surface area contributed by atoms with Crippen LogP contribution in [0.4, 0.5) is 5.82 Å². The molecule has 1 N–H and O–H groups in total. The first-order valence-electron chi connectivity index (χ1n) is 6.66. The molecule has 0 aromatic carbocycles. The first kappa shape index (κ1) is 13.1. The van der Waals surface area contributed by atoms with Gasteiger partial charge in [-0.15, -0.1) is 0 Å². The monoisotopic (exact) mass is 282 g/mol. The van der Waals surface area contributed by atoms with Crippen molar-refractivity contribution in [3.05, 3.63) is 37.1 Å². The molecule has 21 heavy (non-hydrogen) atoms. The fraction of sp³-hybridized carbons (Fsp3) is 0.286. The minimum Gasteiger partial charge on any atom is -0.310 e. The average molecular weight is 282 g/mol. The maximum Gasteiger partial charge on any atom is 0.230 e. The Kier molecular flexibility index (Phi) is 3.51. The van der Waals surface area contributed by atoms with Gasteiger partial charge in [0, 0.05) is 31.2 Å². The molecule has 0 bridgehead atoms. The summed E-state index contributed by atoms with van der Waals surface area (Å²) in [7, 11) is 0. The fourth-order valence-electron chi connectivity index (χ4n) is 2.34. The van der Waals surface area contributed by atoms with E-state index in [2.05, 4.69) is 21.5 Å². The second-order valence-electron chi connectivity index (χ2n) is 4.89. The van der Waals surface area contributed by atoms with Gasteiger partial charge < -0.3 is 14.8 Å². The minimum absolute atomic E-state index is 0.0901. The summed E-state index contributed by atoms with van der Waals surface area (Å²) in [6.45, 7) is 1.12. The van der Waals surface area contributed by atoms with Gasteiger partial charge in [-0.1, -0.05) is 0 Å². The minimum atomic E-state index is -0.157. The van der Waals surface area contributed by atoms with Crippen molar-refractivity contribution in [1.82, 2.24) is 19.4 Å².